The number of nitrogens with zero attached hydrogens (tertiary/aromatic N) is 2. The van der Waals surface area contributed by atoms with Crippen molar-refractivity contribution in [2.45, 2.75) is 59.2 Å². The molecule has 0 unspecified atom stereocenters. The van der Waals surface area contributed by atoms with Gasteiger partial charge in [0.05, 0.1) is 5.69 Å². The van der Waals surface area contributed by atoms with Gasteiger partial charge in [0.15, 0.2) is 0 Å². The Morgan fingerprint density at radius 2 is 2.00 bits per heavy atom. The molecule has 1 aromatic heterocycles. The van der Waals surface area contributed by atoms with Crippen LogP contribution in [0.15, 0.2) is 10.7 Å². The standard InChI is InChI=1S/C13H25N3O/c1-6-12(7-2)16(5)13-15-11(9-17-13)8-14-10(3)4/h9-10,12,14H,6-8H2,1-5H3. The third-order valence-corrected chi connectivity index (χ3v) is 3.02. The van der Waals surface area contributed by atoms with E-state index in [1.54, 1.807) is 6.26 Å². The third-order valence-electron chi connectivity index (χ3n) is 3.02. The lowest BCUT2D eigenvalue weighted by Gasteiger charge is -2.24. The van der Waals surface area contributed by atoms with E-state index in [0.29, 0.717) is 12.1 Å². The minimum atomic E-state index is 0.465. The first-order valence-electron chi connectivity index (χ1n) is 6.49. The van der Waals surface area contributed by atoms with Crippen LogP contribution in [0.3, 0.4) is 0 Å². The zero-order valence-electron chi connectivity index (χ0n) is 11.7. The molecule has 1 heterocycles. The maximum Gasteiger partial charge on any atom is 0.297 e. The van der Waals surface area contributed by atoms with Gasteiger partial charge in [-0.3, -0.25) is 0 Å². The summed E-state index contributed by atoms with van der Waals surface area (Å²) in [4.78, 5) is 6.62. The highest BCUT2D eigenvalue weighted by Gasteiger charge is 2.16. The van der Waals surface area contributed by atoms with Crippen LogP contribution in [0.5, 0.6) is 0 Å². The second-order valence-electron chi connectivity index (χ2n) is 4.74. The first-order valence-corrected chi connectivity index (χ1v) is 6.49. The van der Waals surface area contributed by atoms with Gasteiger partial charge in [0, 0.05) is 25.7 Å². The highest BCUT2D eigenvalue weighted by Crippen LogP contribution is 2.17. The highest BCUT2D eigenvalue weighted by molar-refractivity contribution is 5.27. The number of aromatic nitrogens is 1. The minimum Gasteiger partial charge on any atom is -0.432 e. The van der Waals surface area contributed by atoms with Crippen LogP contribution in [-0.4, -0.2) is 24.1 Å². The van der Waals surface area contributed by atoms with Gasteiger partial charge in [-0.15, -0.1) is 0 Å². The van der Waals surface area contributed by atoms with Crippen molar-refractivity contribution in [3.63, 3.8) is 0 Å². The van der Waals surface area contributed by atoms with Crippen molar-refractivity contribution in [3.8, 4) is 0 Å². The van der Waals surface area contributed by atoms with Crippen LogP contribution in [-0.2, 0) is 6.54 Å². The summed E-state index contributed by atoms with van der Waals surface area (Å²) in [6, 6.07) is 1.69. The van der Waals surface area contributed by atoms with E-state index in [9.17, 15) is 0 Å². The number of anilines is 1. The predicted molar refractivity (Wildman–Crippen MR) is 71.3 cm³/mol. The number of nitrogens with one attached hydrogen (secondary N) is 1. The van der Waals surface area contributed by atoms with Crippen LogP contribution >= 0.6 is 0 Å². The highest BCUT2D eigenvalue weighted by atomic mass is 16.4. The molecule has 0 atom stereocenters. The molecule has 0 fully saturated rings. The van der Waals surface area contributed by atoms with Crippen LogP contribution in [0.2, 0.25) is 0 Å². The van der Waals surface area contributed by atoms with Crippen LogP contribution in [0.1, 0.15) is 46.2 Å². The van der Waals surface area contributed by atoms with E-state index in [4.69, 9.17) is 4.42 Å². The van der Waals surface area contributed by atoms with Gasteiger partial charge in [-0.2, -0.15) is 4.98 Å². The van der Waals surface area contributed by atoms with Crippen LogP contribution in [0.25, 0.3) is 0 Å². The molecule has 17 heavy (non-hydrogen) atoms. The largest absolute Gasteiger partial charge is 0.432 e. The van der Waals surface area contributed by atoms with E-state index >= 15 is 0 Å². The lowest BCUT2D eigenvalue weighted by Crippen LogP contribution is -2.30. The summed E-state index contributed by atoms with van der Waals surface area (Å²) in [7, 11) is 2.04. The van der Waals surface area contributed by atoms with Crippen molar-refractivity contribution in [3.05, 3.63) is 12.0 Å². The molecule has 0 aliphatic heterocycles. The predicted octanol–water partition coefficient (Wildman–Crippen LogP) is 2.80. The quantitative estimate of drug-likeness (QED) is 0.794. The lowest BCUT2D eigenvalue weighted by molar-refractivity contribution is 0.495. The molecule has 1 N–H and O–H groups in total. The smallest absolute Gasteiger partial charge is 0.297 e. The van der Waals surface area contributed by atoms with Crippen molar-refractivity contribution < 1.29 is 4.42 Å². The summed E-state index contributed by atoms with van der Waals surface area (Å²) in [6.07, 6.45) is 3.95. The number of oxazole rings is 1. The molecule has 0 aliphatic rings. The Morgan fingerprint density at radius 3 is 2.53 bits per heavy atom. The van der Waals surface area contributed by atoms with Gasteiger partial charge >= 0.3 is 0 Å². The second-order valence-corrected chi connectivity index (χ2v) is 4.74. The summed E-state index contributed by atoms with van der Waals surface area (Å²) in [5.41, 5.74) is 0.964. The molecule has 1 rings (SSSR count). The van der Waals surface area contributed by atoms with Crippen LogP contribution in [0.4, 0.5) is 6.01 Å². The van der Waals surface area contributed by atoms with Crippen molar-refractivity contribution in [1.29, 1.82) is 0 Å². The van der Waals surface area contributed by atoms with Gasteiger partial charge in [-0.05, 0) is 12.8 Å². The molecule has 0 saturated carbocycles. The third kappa shape index (κ3) is 4.04. The monoisotopic (exact) mass is 239 g/mol. The van der Waals surface area contributed by atoms with Crippen molar-refractivity contribution in [2.24, 2.45) is 0 Å². The zero-order valence-corrected chi connectivity index (χ0v) is 11.7. The molecular weight excluding hydrogens is 214 g/mol. The second kappa shape index (κ2) is 6.64. The summed E-state index contributed by atoms with van der Waals surface area (Å²) in [5.74, 6) is 0. The number of hydrogen-bond donors (Lipinski definition) is 1. The molecule has 4 heteroatoms. The van der Waals surface area contributed by atoms with E-state index in [1.807, 2.05) is 7.05 Å². The lowest BCUT2D eigenvalue weighted by atomic mass is 10.1. The fourth-order valence-electron chi connectivity index (χ4n) is 1.84. The van der Waals surface area contributed by atoms with E-state index < -0.39 is 0 Å². The maximum absolute atomic E-state index is 5.52. The molecule has 0 radical (unpaired) electrons. The SMILES string of the molecule is CCC(CC)N(C)c1nc(CNC(C)C)co1. The molecule has 0 saturated heterocycles. The molecule has 0 spiro atoms. The molecule has 0 aromatic carbocycles. The fraction of sp³-hybridized carbons (Fsp3) is 0.769. The summed E-state index contributed by atoms with van der Waals surface area (Å²) >= 11 is 0. The Kier molecular flexibility index (Phi) is 5.48. The van der Waals surface area contributed by atoms with Crippen LogP contribution < -0.4 is 10.2 Å². The van der Waals surface area contributed by atoms with Gasteiger partial charge in [0.2, 0.25) is 0 Å². The van der Waals surface area contributed by atoms with Crippen LogP contribution in [0, 0.1) is 0 Å². The number of hydrogen-bond acceptors (Lipinski definition) is 4. The first-order chi connectivity index (χ1) is 8.08. The van der Waals surface area contributed by atoms with Crippen molar-refractivity contribution in [1.82, 2.24) is 10.3 Å². The molecule has 0 amide bonds. The minimum absolute atomic E-state index is 0.465. The van der Waals surface area contributed by atoms with Gasteiger partial charge in [0.1, 0.15) is 6.26 Å². The topological polar surface area (TPSA) is 41.3 Å². The molecule has 0 bridgehead atoms. The molecule has 1 aromatic rings. The summed E-state index contributed by atoms with van der Waals surface area (Å²) < 4.78 is 5.52. The molecular formula is C13H25N3O. The average molecular weight is 239 g/mol. The Morgan fingerprint density at radius 1 is 1.35 bits per heavy atom. The van der Waals surface area contributed by atoms with Gasteiger partial charge in [-0.1, -0.05) is 27.7 Å². The molecule has 4 nitrogen and oxygen atoms in total. The maximum atomic E-state index is 5.52. The zero-order chi connectivity index (χ0) is 12.8. The Hall–Kier alpha value is -1.03. The van der Waals surface area contributed by atoms with E-state index in [-0.39, 0.29) is 0 Å². The molecule has 98 valence electrons. The van der Waals surface area contributed by atoms with E-state index in [0.717, 1.165) is 31.1 Å². The van der Waals surface area contributed by atoms with Gasteiger partial charge in [-0.25, -0.2) is 0 Å². The average Bonchev–Trinajstić information content (AvgIpc) is 2.76. The van der Waals surface area contributed by atoms with Crippen molar-refractivity contribution >= 4 is 6.01 Å². The summed E-state index contributed by atoms with van der Waals surface area (Å²) in [5, 5.41) is 3.33. The Balaban J connectivity index is 2.60. The Labute approximate surface area is 104 Å². The fourth-order valence-corrected chi connectivity index (χ4v) is 1.84. The molecule has 0 aliphatic carbocycles. The normalized spacial score (nSPS) is 11.5. The van der Waals surface area contributed by atoms with Gasteiger partial charge in [0.25, 0.3) is 6.01 Å². The van der Waals surface area contributed by atoms with Crippen molar-refractivity contribution in [2.75, 3.05) is 11.9 Å². The summed E-state index contributed by atoms with van der Waals surface area (Å²) in [6.45, 7) is 9.39. The number of rotatable bonds is 7. The van der Waals surface area contributed by atoms with E-state index in [2.05, 4.69) is 42.9 Å². The van der Waals surface area contributed by atoms with Gasteiger partial charge < -0.3 is 14.6 Å². The van der Waals surface area contributed by atoms with E-state index in [1.165, 1.54) is 0 Å². The first kappa shape index (κ1) is 14.0. The Bertz CT molecular complexity index is 318.